The van der Waals surface area contributed by atoms with E-state index in [1.165, 1.54) is 7.11 Å². The van der Waals surface area contributed by atoms with Gasteiger partial charge >= 0.3 is 5.97 Å². The highest BCUT2D eigenvalue weighted by molar-refractivity contribution is 5.90. The Kier molecular flexibility index (Phi) is 4.39. The van der Waals surface area contributed by atoms with Gasteiger partial charge in [0.2, 0.25) is 0 Å². The minimum atomic E-state index is -0.321. The third-order valence-electron chi connectivity index (χ3n) is 3.55. The van der Waals surface area contributed by atoms with Crippen LogP contribution in [0.3, 0.4) is 0 Å². The van der Waals surface area contributed by atoms with Gasteiger partial charge in [0.25, 0.3) is 0 Å². The quantitative estimate of drug-likeness (QED) is 0.826. The summed E-state index contributed by atoms with van der Waals surface area (Å²) in [4.78, 5) is 13.7. The lowest BCUT2D eigenvalue weighted by molar-refractivity contribution is 0.0600. The normalized spacial score (nSPS) is 23.2. The van der Waals surface area contributed by atoms with Crippen LogP contribution in [0.2, 0.25) is 0 Å². The van der Waals surface area contributed by atoms with Crippen molar-refractivity contribution in [3.05, 3.63) is 29.8 Å². The molecule has 2 rings (SSSR count). The molecule has 5 heteroatoms. The van der Waals surface area contributed by atoms with Gasteiger partial charge in [-0.2, -0.15) is 0 Å². The summed E-state index contributed by atoms with van der Waals surface area (Å²) in [5, 5.41) is 0. The van der Waals surface area contributed by atoms with Crippen molar-refractivity contribution in [2.45, 2.75) is 18.6 Å². The summed E-state index contributed by atoms with van der Waals surface area (Å²) in [6.45, 7) is 1.61. The third kappa shape index (κ3) is 3.05. The molecule has 1 aromatic rings. The van der Waals surface area contributed by atoms with Gasteiger partial charge in [0.15, 0.2) is 0 Å². The van der Waals surface area contributed by atoms with Crippen molar-refractivity contribution in [2.75, 3.05) is 32.2 Å². The van der Waals surface area contributed by atoms with E-state index in [0.717, 1.165) is 25.2 Å². The Morgan fingerprint density at radius 3 is 2.89 bits per heavy atom. The van der Waals surface area contributed by atoms with Crippen LogP contribution in [-0.2, 0) is 9.47 Å². The Balaban J connectivity index is 2.15. The van der Waals surface area contributed by atoms with Gasteiger partial charge in [-0.3, -0.25) is 0 Å². The number of piperidine rings is 1. The molecule has 19 heavy (non-hydrogen) atoms. The van der Waals surface area contributed by atoms with Gasteiger partial charge in [0.05, 0.1) is 18.8 Å². The molecule has 5 nitrogen and oxygen atoms in total. The van der Waals surface area contributed by atoms with Crippen molar-refractivity contribution in [2.24, 2.45) is 5.73 Å². The fourth-order valence-electron chi connectivity index (χ4n) is 2.37. The largest absolute Gasteiger partial charge is 0.465 e. The van der Waals surface area contributed by atoms with Gasteiger partial charge in [-0.05, 0) is 24.6 Å². The minimum absolute atomic E-state index is 0.0236. The van der Waals surface area contributed by atoms with Crippen LogP contribution >= 0.6 is 0 Å². The Morgan fingerprint density at radius 1 is 1.42 bits per heavy atom. The van der Waals surface area contributed by atoms with E-state index in [4.69, 9.17) is 15.2 Å². The van der Waals surface area contributed by atoms with Gasteiger partial charge < -0.3 is 20.1 Å². The van der Waals surface area contributed by atoms with Crippen LogP contribution in [0.15, 0.2) is 24.3 Å². The number of hydrogen-bond donors (Lipinski definition) is 1. The molecule has 2 unspecified atom stereocenters. The first kappa shape index (κ1) is 13.8. The number of anilines is 1. The number of rotatable bonds is 3. The van der Waals surface area contributed by atoms with E-state index in [2.05, 4.69) is 4.90 Å². The maximum atomic E-state index is 11.5. The molecular formula is C14H20N2O3. The summed E-state index contributed by atoms with van der Waals surface area (Å²) >= 11 is 0. The number of nitrogens with zero attached hydrogens (tertiary/aromatic N) is 1. The molecule has 0 spiro atoms. The number of carbonyl (C=O) groups excluding carboxylic acids is 1. The Labute approximate surface area is 113 Å². The molecule has 0 amide bonds. The molecule has 1 aliphatic rings. The number of methoxy groups -OCH3 is 2. The van der Waals surface area contributed by atoms with E-state index in [0.29, 0.717) is 5.56 Å². The molecule has 104 valence electrons. The lowest BCUT2D eigenvalue weighted by Crippen LogP contribution is -2.51. The van der Waals surface area contributed by atoms with E-state index < -0.39 is 0 Å². The second kappa shape index (κ2) is 6.04. The summed E-state index contributed by atoms with van der Waals surface area (Å²) in [5.74, 6) is -0.321. The average Bonchev–Trinajstić information content (AvgIpc) is 2.47. The van der Waals surface area contributed by atoms with Crippen LogP contribution in [0.5, 0.6) is 0 Å². The second-order valence-electron chi connectivity index (χ2n) is 4.71. The van der Waals surface area contributed by atoms with Gasteiger partial charge in [0, 0.05) is 31.9 Å². The molecular weight excluding hydrogens is 244 g/mol. The lowest BCUT2D eigenvalue weighted by atomic mass is 10.0. The zero-order valence-corrected chi connectivity index (χ0v) is 11.3. The highest BCUT2D eigenvalue weighted by Gasteiger charge is 2.26. The van der Waals surface area contributed by atoms with Crippen LogP contribution < -0.4 is 10.6 Å². The molecule has 2 N–H and O–H groups in total. The minimum Gasteiger partial charge on any atom is -0.465 e. The summed E-state index contributed by atoms with van der Waals surface area (Å²) in [5.41, 5.74) is 7.56. The fourth-order valence-corrected chi connectivity index (χ4v) is 2.37. The predicted octanol–water partition coefficient (Wildman–Crippen LogP) is 1.03. The zero-order valence-electron chi connectivity index (χ0n) is 11.3. The van der Waals surface area contributed by atoms with Crippen LogP contribution in [0.4, 0.5) is 5.69 Å². The fraction of sp³-hybridized carbons (Fsp3) is 0.500. The molecule has 0 aliphatic carbocycles. The summed E-state index contributed by atoms with van der Waals surface area (Å²) in [7, 11) is 3.06. The summed E-state index contributed by atoms with van der Waals surface area (Å²) < 4.78 is 10.1. The number of esters is 1. The highest BCUT2D eigenvalue weighted by atomic mass is 16.5. The van der Waals surface area contributed by atoms with E-state index >= 15 is 0 Å². The molecule has 1 aromatic carbocycles. The lowest BCUT2D eigenvalue weighted by Gasteiger charge is -2.37. The van der Waals surface area contributed by atoms with Gasteiger partial charge in [-0.15, -0.1) is 0 Å². The van der Waals surface area contributed by atoms with Crippen molar-refractivity contribution in [1.29, 1.82) is 0 Å². The van der Waals surface area contributed by atoms with Crippen LogP contribution in [0.25, 0.3) is 0 Å². The average molecular weight is 264 g/mol. The first-order valence-electron chi connectivity index (χ1n) is 6.37. The maximum Gasteiger partial charge on any atom is 0.337 e. The van der Waals surface area contributed by atoms with E-state index in [1.807, 2.05) is 18.2 Å². The Hall–Kier alpha value is -1.59. The molecule has 0 saturated carbocycles. The van der Waals surface area contributed by atoms with Crippen LogP contribution in [0.1, 0.15) is 16.8 Å². The number of hydrogen-bond acceptors (Lipinski definition) is 5. The number of carbonyl (C=O) groups is 1. The van der Waals surface area contributed by atoms with Crippen molar-refractivity contribution in [3.8, 4) is 0 Å². The maximum absolute atomic E-state index is 11.5. The van der Waals surface area contributed by atoms with Crippen molar-refractivity contribution < 1.29 is 14.3 Å². The zero-order chi connectivity index (χ0) is 13.8. The van der Waals surface area contributed by atoms with E-state index in [1.54, 1.807) is 13.2 Å². The van der Waals surface area contributed by atoms with Gasteiger partial charge in [-0.1, -0.05) is 6.07 Å². The molecule has 1 aliphatic heterocycles. The smallest absolute Gasteiger partial charge is 0.337 e. The van der Waals surface area contributed by atoms with E-state index in [9.17, 15) is 4.79 Å². The molecule has 0 aromatic heterocycles. The number of benzene rings is 1. The van der Waals surface area contributed by atoms with Crippen molar-refractivity contribution >= 4 is 11.7 Å². The first-order valence-corrected chi connectivity index (χ1v) is 6.37. The van der Waals surface area contributed by atoms with Gasteiger partial charge in [0.1, 0.15) is 0 Å². The monoisotopic (exact) mass is 264 g/mol. The number of nitrogens with two attached hydrogens (primary N) is 1. The van der Waals surface area contributed by atoms with Crippen molar-refractivity contribution in [3.63, 3.8) is 0 Å². The molecule has 1 heterocycles. The van der Waals surface area contributed by atoms with Crippen molar-refractivity contribution in [1.82, 2.24) is 0 Å². The molecule has 1 saturated heterocycles. The molecule has 1 fully saturated rings. The first-order chi connectivity index (χ1) is 9.15. The Bertz CT molecular complexity index is 450. The number of ether oxygens (including phenoxy) is 2. The standard InChI is InChI=1S/C14H20N2O3/c1-18-13-9-16(7-6-12(13)15)11-5-3-4-10(8-11)14(17)19-2/h3-5,8,12-13H,6-7,9,15H2,1-2H3. The van der Waals surface area contributed by atoms with Crippen LogP contribution in [-0.4, -0.2) is 45.4 Å². The summed E-state index contributed by atoms with van der Waals surface area (Å²) in [6.07, 6.45) is 0.900. The SMILES string of the molecule is COC(=O)c1cccc(N2CCC(N)C(OC)C2)c1. The van der Waals surface area contributed by atoms with E-state index in [-0.39, 0.29) is 18.1 Å². The topological polar surface area (TPSA) is 64.8 Å². The second-order valence-corrected chi connectivity index (χ2v) is 4.71. The summed E-state index contributed by atoms with van der Waals surface area (Å²) in [6, 6.07) is 7.51. The third-order valence-corrected chi connectivity index (χ3v) is 3.55. The van der Waals surface area contributed by atoms with Gasteiger partial charge in [-0.25, -0.2) is 4.79 Å². The molecule has 2 atom stereocenters. The van der Waals surface area contributed by atoms with Crippen LogP contribution in [0, 0.1) is 0 Å². The molecule has 0 bridgehead atoms. The molecule has 0 radical (unpaired) electrons. The highest BCUT2D eigenvalue weighted by Crippen LogP contribution is 2.22. The predicted molar refractivity (Wildman–Crippen MR) is 73.4 cm³/mol. The Morgan fingerprint density at radius 2 is 2.21 bits per heavy atom.